The molecule has 2 aromatic carbocycles. The largest absolute Gasteiger partial charge is 0.458 e. The first-order valence-electron chi connectivity index (χ1n) is 10.8. The summed E-state index contributed by atoms with van der Waals surface area (Å²) in [6.07, 6.45) is 4.24. The number of carbonyl (C=O) groups excluding carboxylic acids is 1. The molecule has 0 amide bonds. The van der Waals surface area contributed by atoms with E-state index in [9.17, 15) is 9.59 Å². The highest BCUT2D eigenvalue weighted by molar-refractivity contribution is 5.77. The van der Waals surface area contributed by atoms with Crippen molar-refractivity contribution < 1.29 is 9.53 Å². The number of hydrogen-bond donors (Lipinski definition) is 1. The molecule has 0 bridgehead atoms. The Hall–Kier alpha value is -4.27. The van der Waals surface area contributed by atoms with E-state index in [0.717, 1.165) is 22.2 Å². The molecule has 1 N–H and O–H groups in total. The average molecular weight is 440 g/mol. The Bertz CT molecular complexity index is 1580. The second-order valence-corrected chi connectivity index (χ2v) is 8.13. The lowest BCUT2D eigenvalue weighted by atomic mass is 9.85. The molecule has 0 fully saturated rings. The molecule has 0 saturated heterocycles. The molecule has 6 rings (SSSR count). The lowest BCUT2D eigenvalue weighted by Gasteiger charge is -2.31. The van der Waals surface area contributed by atoms with E-state index in [4.69, 9.17) is 9.72 Å². The summed E-state index contributed by atoms with van der Waals surface area (Å²) in [6, 6.07) is 15.3. The number of rotatable bonds is 3. The van der Waals surface area contributed by atoms with Crippen molar-refractivity contribution in [3.8, 4) is 5.95 Å². The van der Waals surface area contributed by atoms with E-state index in [0.29, 0.717) is 30.0 Å². The third kappa shape index (κ3) is 3.12. The number of esters is 1. The standard InChI is InChI=1S/C24H20N6O3/c1-14(31)33-21-11-10-19(15-6-2-3-7-16(15)21)30-22-18(27-24(30)32)12-25-23(28-22)29-13-26-17-8-4-5-9-20(17)29/h2-9,12-13,19,21H,10-11H2,1H3,(H,27,32). The number of nitrogens with zero attached hydrogens (tertiary/aromatic N) is 5. The van der Waals surface area contributed by atoms with Crippen molar-refractivity contribution >= 4 is 28.2 Å². The molecule has 164 valence electrons. The van der Waals surface area contributed by atoms with Crippen LogP contribution in [0.25, 0.3) is 28.1 Å². The molecular formula is C24H20N6O3. The van der Waals surface area contributed by atoms with Gasteiger partial charge >= 0.3 is 11.7 Å². The number of imidazole rings is 2. The van der Waals surface area contributed by atoms with Crippen molar-refractivity contribution in [3.63, 3.8) is 0 Å². The molecule has 9 nitrogen and oxygen atoms in total. The maximum atomic E-state index is 13.1. The minimum Gasteiger partial charge on any atom is -0.458 e. The zero-order valence-electron chi connectivity index (χ0n) is 17.8. The van der Waals surface area contributed by atoms with E-state index in [1.54, 1.807) is 17.1 Å². The van der Waals surface area contributed by atoms with Gasteiger partial charge in [0.2, 0.25) is 5.95 Å². The van der Waals surface area contributed by atoms with Gasteiger partial charge in [-0.05, 0) is 36.1 Å². The Balaban J connectivity index is 1.50. The Kier molecular flexibility index (Phi) is 4.36. The predicted octanol–water partition coefficient (Wildman–Crippen LogP) is 3.45. The van der Waals surface area contributed by atoms with E-state index < -0.39 is 0 Å². The number of benzene rings is 2. The Morgan fingerprint density at radius 1 is 1.06 bits per heavy atom. The number of fused-ring (bicyclic) bond motifs is 3. The van der Waals surface area contributed by atoms with Gasteiger partial charge < -0.3 is 9.72 Å². The monoisotopic (exact) mass is 440 g/mol. The summed E-state index contributed by atoms with van der Waals surface area (Å²) in [5.41, 5.74) is 4.42. The van der Waals surface area contributed by atoms with Gasteiger partial charge in [0, 0.05) is 6.92 Å². The molecule has 0 aliphatic heterocycles. The molecule has 1 aliphatic rings. The van der Waals surface area contributed by atoms with E-state index in [2.05, 4.69) is 15.0 Å². The smallest absolute Gasteiger partial charge is 0.328 e. The quantitative estimate of drug-likeness (QED) is 0.431. The maximum absolute atomic E-state index is 13.1. The van der Waals surface area contributed by atoms with Gasteiger partial charge in [0.05, 0.1) is 23.3 Å². The summed E-state index contributed by atoms with van der Waals surface area (Å²) < 4.78 is 9.03. The van der Waals surface area contributed by atoms with Gasteiger partial charge in [-0.25, -0.2) is 14.8 Å². The summed E-state index contributed by atoms with van der Waals surface area (Å²) >= 11 is 0. The molecule has 1 aliphatic carbocycles. The van der Waals surface area contributed by atoms with Crippen molar-refractivity contribution in [2.24, 2.45) is 0 Å². The van der Waals surface area contributed by atoms with Crippen LogP contribution in [0.4, 0.5) is 0 Å². The van der Waals surface area contributed by atoms with Crippen LogP contribution >= 0.6 is 0 Å². The number of aromatic nitrogens is 6. The third-order valence-corrected chi connectivity index (χ3v) is 6.14. The molecule has 0 spiro atoms. The third-order valence-electron chi connectivity index (χ3n) is 6.14. The van der Waals surface area contributed by atoms with Gasteiger partial charge in [0.25, 0.3) is 0 Å². The van der Waals surface area contributed by atoms with Gasteiger partial charge in [-0.3, -0.25) is 13.9 Å². The lowest BCUT2D eigenvalue weighted by Crippen LogP contribution is -2.28. The van der Waals surface area contributed by atoms with Crippen molar-refractivity contribution in [1.29, 1.82) is 0 Å². The van der Waals surface area contributed by atoms with Gasteiger partial charge in [0.15, 0.2) is 5.65 Å². The molecule has 2 atom stereocenters. The number of hydrogen-bond acceptors (Lipinski definition) is 6. The second-order valence-electron chi connectivity index (χ2n) is 8.13. The van der Waals surface area contributed by atoms with Gasteiger partial charge in [-0.2, -0.15) is 4.98 Å². The highest BCUT2D eigenvalue weighted by atomic mass is 16.5. The molecule has 0 saturated carbocycles. The summed E-state index contributed by atoms with van der Waals surface area (Å²) in [4.78, 5) is 41.2. The Morgan fingerprint density at radius 2 is 1.85 bits per heavy atom. The summed E-state index contributed by atoms with van der Waals surface area (Å²) in [5.74, 6) is 0.119. The first-order chi connectivity index (χ1) is 16.1. The SMILES string of the molecule is CC(=O)OC1CCC(n2c(=O)[nH]c3cnc(-n4cnc5ccccc54)nc32)c2ccccc21. The first-order valence-corrected chi connectivity index (χ1v) is 10.8. The number of carbonyl (C=O) groups is 1. The van der Waals surface area contributed by atoms with Crippen molar-refractivity contribution in [1.82, 2.24) is 29.1 Å². The lowest BCUT2D eigenvalue weighted by molar-refractivity contribution is -0.147. The van der Waals surface area contributed by atoms with Gasteiger partial charge in [0.1, 0.15) is 17.9 Å². The fourth-order valence-electron chi connectivity index (χ4n) is 4.75. The first kappa shape index (κ1) is 19.4. The van der Waals surface area contributed by atoms with Crippen LogP contribution in [0.15, 0.2) is 65.8 Å². The van der Waals surface area contributed by atoms with Crippen LogP contribution in [0.1, 0.15) is 43.0 Å². The number of nitrogens with one attached hydrogen (secondary N) is 1. The predicted molar refractivity (Wildman–Crippen MR) is 121 cm³/mol. The van der Waals surface area contributed by atoms with Crippen molar-refractivity contribution in [2.75, 3.05) is 0 Å². The van der Waals surface area contributed by atoms with E-state index >= 15 is 0 Å². The highest BCUT2D eigenvalue weighted by Gasteiger charge is 2.32. The van der Waals surface area contributed by atoms with E-state index in [1.165, 1.54) is 6.92 Å². The van der Waals surface area contributed by atoms with Gasteiger partial charge in [-0.15, -0.1) is 0 Å². The zero-order valence-corrected chi connectivity index (χ0v) is 17.8. The van der Waals surface area contributed by atoms with E-state index in [-0.39, 0.29) is 23.8 Å². The van der Waals surface area contributed by atoms with Crippen LogP contribution in [0.5, 0.6) is 0 Å². The number of H-pyrrole nitrogens is 1. The maximum Gasteiger partial charge on any atom is 0.328 e. The van der Waals surface area contributed by atoms with Crippen LogP contribution in [-0.2, 0) is 9.53 Å². The average Bonchev–Trinajstić information content (AvgIpc) is 3.39. The normalized spacial score (nSPS) is 17.8. The van der Waals surface area contributed by atoms with Crippen LogP contribution in [0, 0.1) is 0 Å². The minimum absolute atomic E-state index is 0.239. The summed E-state index contributed by atoms with van der Waals surface area (Å²) in [7, 11) is 0. The molecule has 0 radical (unpaired) electrons. The van der Waals surface area contributed by atoms with Crippen LogP contribution < -0.4 is 5.69 Å². The van der Waals surface area contributed by atoms with E-state index in [1.807, 2.05) is 53.1 Å². The molecule has 2 unspecified atom stereocenters. The molecule has 9 heteroatoms. The molecule has 5 aromatic rings. The summed E-state index contributed by atoms with van der Waals surface area (Å²) in [6.45, 7) is 1.41. The Morgan fingerprint density at radius 3 is 2.70 bits per heavy atom. The highest BCUT2D eigenvalue weighted by Crippen LogP contribution is 2.40. The molecule has 3 heterocycles. The Labute approximate surface area is 187 Å². The zero-order chi connectivity index (χ0) is 22.5. The second kappa shape index (κ2) is 7.40. The molecule has 3 aromatic heterocycles. The number of ether oxygens (including phenoxy) is 1. The summed E-state index contributed by atoms with van der Waals surface area (Å²) in [5, 5.41) is 0. The van der Waals surface area contributed by atoms with Crippen molar-refractivity contribution in [3.05, 3.63) is 82.7 Å². The minimum atomic E-state index is -0.321. The van der Waals surface area contributed by atoms with Crippen LogP contribution in [0.3, 0.4) is 0 Å². The van der Waals surface area contributed by atoms with Gasteiger partial charge in [-0.1, -0.05) is 36.4 Å². The van der Waals surface area contributed by atoms with Crippen LogP contribution in [0.2, 0.25) is 0 Å². The van der Waals surface area contributed by atoms with Crippen LogP contribution in [-0.4, -0.2) is 35.0 Å². The molecule has 33 heavy (non-hydrogen) atoms. The van der Waals surface area contributed by atoms with Crippen molar-refractivity contribution in [2.45, 2.75) is 31.9 Å². The molecular weight excluding hydrogens is 420 g/mol. The number of aromatic amines is 1. The number of para-hydroxylation sites is 2. The fourth-order valence-corrected chi connectivity index (χ4v) is 4.75. The fraction of sp³-hybridized carbons (Fsp3) is 0.208. The topological polar surface area (TPSA) is 108 Å².